The molecule has 12 nitrogen and oxygen atoms in total. The number of ketones is 1. The quantitative estimate of drug-likeness (QED) is 0.218. The number of carbonyl (C=O) groups is 2. The van der Waals surface area contributed by atoms with E-state index < -0.39 is 34.2 Å². The van der Waals surface area contributed by atoms with E-state index in [1.165, 1.54) is 28.1 Å². The van der Waals surface area contributed by atoms with E-state index in [2.05, 4.69) is 14.9 Å². The Labute approximate surface area is 169 Å². The second kappa shape index (κ2) is 8.73. The second-order valence-corrected chi connectivity index (χ2v) is 6.30. The molecular formula is C16H17ClN4O8. The molecule has 1 aromatic carbocycles. The molecule has 0 bridgehead atoms. The highest BCUT2D eigenvalue weighted by Crippen LogP contribution is 2.36. The number of benzene rings is 1. The molecule has 0 aliphatic heterocycles. The van der Waals surface area contributed by atoms with E-state index in [0.29, 0.717) is 0 Å². The zero-order chi connectivity index (χ0) is 21.9. The fourth-order valence-corrected chi connectivity index (χ4v) is 2.55. The van der Waals surface area contributed by atoms with Crippen LogP contribution in [0.25, 0.3) is 0 Å². The van der Waals surface area contributed by atoms with Gasteiger partial charge in [-0.3, -0.25) is 14.9 Å². The lowest BCUT2D eigenvalue weighted by molar-refractivity contribution is -0.385. The molecular weight excluding hydrogens is 412 g/mol. The van der Waals surface area contributed by atoms with Crippen molar-refractivity contribution < 1.29 is 33.8 Å². The largest absolute Gasteiger partial charge is 0.506 e. The van der Waals surface area contributed by atoms with Crippen molar-refractivity contribution in [3.63, 3.8) is 0 Å². The number of carboxylic acid groups (broad SMARTS) is 1. The van der Waals surface area contributed by atoms with E-state index in [1.807, 2.05) is 0 Å². The number of nitrogens with zero attached hydrogens (tertiary/aromatic N) is 4. The van der Waals surface area contributed by atoms with Crippen molar-refractivity contribution in [2.75, 3.05) is 14.2 Å². The average molecular weight is 429 g/mol. The molecule has 2 atom stereocenters. The number of nitro benzene ring substituents is 1. The molecule has 1 N–H and O–H groups in total. The van der Waals surface area contributed by atoms with E-state index in [-0.39, 0.29) is 28.5 Å². The van der Waals surface area contributed by atoms with Crippen molar-refractivity contribution >= 4 is 29.2 Å². The third-order valence-electron chi connectivity index (χ3n) is 3.79. The first-order valence-electron chi connectivity index (χ1n) is 8.06. The summed E-state index contributed by atoms with van der Waals surface area (Å²) >= 11 is 5.94. The zero-order valence-corrected chi connectivity index (χ0v) is 16.5. The van der Waals surface area contributed by atoms with E-state index in [9.17, 15) is 19.7 Å². The van der Waals surface area contributed by atoms with Gasteiger partial charge in [-0.05, 0) is 13.8 Å². The lowest BCUT2D eigenvalue weighted by Crippen LogP contribution is -2.13. The van der Waals surface area contributed by atoms with E-state index in [1.54, 1.807) is 0 Å². The van der Waals surface area contributed by atoms with Gasteiger partial charge in [0.15, 0.2) is 17.2 Å². The molecule has 0 fully saturated rings. The van der Waals surface area contributed by atoms with Crippen LogP contribution in [-0.2, 0) is 4.74 Å². The van der Waals surface area contributed by atoms with Gasteiger partial charge in [-0.1, -0.05) is 11.6 Å². The molecule has 1 heterocycles. The van der Waals surface area contributed by atoms with Gasteiger partial charge in [0.25, 0.3) is 5.69 Å². The van der Waals surface area contributed by atoms with Gasteiger partial charge in [-0.25, -0.2) is 4.79 Å². The van der Waals surface area contributed by atoms with E-state index in [4.69, 9.17) is 26.2 Å². The zero-order valence-electron chi connectivity index (χ0n) is 15.8. The molecule has 2 aromatic rings. The third-order valence-corrected chi connectivity index (χ3v) is 3.97. The fourth-order valence-electron chi connectivity index (χ4n) is 2.46. The van der Waals surface area contributed by atoms with Gasteiger partial charge in [0, 0.05) is 6.07 Å². The lowest BCUT2D eigenvalue weighted by atomic mass is 10.0. The minimum Gasteiger partial charge on any atom is -0.493 e. The van der Waals surface area contributed by atoms with Crippen LogP contribution in [0.1, 0.15) is 47.2 Å². The first-order chi connectivity index (χ1) is 13.6. The summed E-state index contributed by atoms with van der Waals surface area (Å²) in [5, 5.41) is 28.3. The molecule has 2 rings (SSSR count). The summed E-state index contributed by atoms with van der Waals surface area (Å²) in [5.41, 5.74) is -2.19. The van der Waals surface area contributed by atoms with Crippen LogP contribution in [0.3, 0.4) is 0 Å². The Bertz CT molecular complexity index is 959. The molecule has 0 saturated heterocycles. The number of carbonyl (C=O) groups excluding carboxylic acids is 1. The number of ether oxygens (including phenoxy) is 3. The standard InChI is InChI=1S/C16H17ClN4O8/c1-7(29-16(23)24)13-14(19-20(18-13)8(2)17)15(22)9-5-11(27-3)12(28-4)6-10(9)21(25)26/h5-8H,1-4H3,(H,23,24). The van der Waals surface area contributed by atoms with Gasteiger partial charge in [0.1, 0.15) is 22.9 Å². The van der Waals surface area contributed by atoms with Crippen LogP contribution in [0.4, 0.5) is 10.5 Å². The van der Waals surface area contributed by atoms with Gasteiger partial charge in [-0.2, -0.15) is 9.90 Å². The van der Waals surface area contributed by atoms with Gasteiger partial charge >= 0.3 is 6.16 Å². The third kappa shape index (κ3) is 4.54. The van der Waals surface area contributed by atoms with Crippen molar-refractivity contribution in [2.45, 2.75) is 25.5 Å². The van der Waals surface area contributed by atoms with Crippen LogP contribution < -0.4 is 9.47 Å². The number of rotatable bonds is 8. The van der Waals surface area contributed by atoms with Crippen molar-refractivity contribution in [1.82, 2.24) is 15.0 Å². The predicted octanol–water partition coefficient (Wildman–Crippen LogP) is 2.95. The van der Waals surface area contributed by atoms with Crippen LogP contribution in [0.15, 0.2) is 12.1 Å². The Balaban J connectivity index is 2.67. The number of nitro groups is 1. The molecule has 13 heteroatoms. The molecule has 156 valence electrons. The van der Waals surface area contributed by atoms with E-state index in [0.717, 1.165) is 16.9 Å². The monoisotopic (exact) mass is 428 g/mol. The normalized spacial score (nSPS) is 12.7. The fraction of sp³-hybridized carbons (Fsp3) is 0.375. The van der Waals surface area contributed by atoms with Gasteiger partial charge in [0.2, 0.25) is 5.78 Å². The van der Waals surface area contributed by atoms with Crippen LogP contribution in [0.2, 0.25) is 0 Å². The minimum absolute atomic E-state index is 0.0524. The summed E-state index contributed by atoms with van der Waals surface area (Å²) < 4.78 is 14.8. The number of alkyl halides is 1. The maximum absolute atomic E-state index is 13.1. The minimum atomic E-state index is -1.60. The number of hydrogen-bond acceptors (Lipinski definition) is 9. The Hall–Kier alpha value is -3.41. The summed E-state index contributed by atoms with van der Waals surface area (Å²) in [6.45, 7) is 2.85. The van der Waals surface area contributed by atoms with Crippen LogP contribution in [-0.4, -0.2) is 51.2 Å². The summed E-state index contributed by atoms with van der Waals surface area (Å²) in [7, 11) is 2.59. The molecule has 0 radical (unpaired) electrons. The Morgan fingerprint density at radius 3 is 2.28 bits per heavy atom. The van der Waals surface area contributed by atoms with Crippen LogP contribution in [0.5, 0.6) is 11.5 Å². The van der Waals surface area contributed by atoms with Gasteiger partial charge in [0.05, 0.1) is 25.2 Å². The molecule has 29 heavy (non-hydrogen) atoms. The average Bonchev–Trinajstić information content (AvgIpc) is 3.11. The number of halogens is 1. The van der Waals surface area contributed by atoms with Crippen LogP contribution in [0, 0.1) is 10.1 Å². The Morgan fingerprint density at radius 1 is 1.21 bits per heavy atom. The van der Waals surface area contributed by atoms with Crippen LogP contribution >= 0.6 is 11.6 Å². The first-order valence-corrected chi connectivity index (χ1v) is 8.49. The van der Waals surface area contributed by atoms with Crippen molar-refractivity contribution in [3.8, 4) is 11.5 Å². The highest BCUT2D eigenvalue weighted by Gasteiger charge is 2.32. The molecule has 0 saturated carbocycles. The summed E-state index contributed by atoms with van der Waals surface area (Å²) in [6, 6.07) is 2.17. The van der Waals surface area contributed by atoms with Gasteiger partial charge < -0.3 is 19.3 Å². The predicted molar refractivity (Wildman–Crippen MR) is 97.7 cm³/mol. The summed E-state index contributed by atoms with van der Waals surface area (Å²) in [4.78, 5) is 35.7. The number of aromatic nitrogens is 3. The molecule has 0 amide bonds. The molecule has 1 aromatic heterocycles. The summed E-state index contributed by atoms with van der Waals surface area (Å²) in [5.74, 6) is -0.760. The van der Waals surface area contributed by atoms with Crippen molar-refractivity contribution in [3.05, 3.63) is 39.2 Å². The maximum atomic E-state index is 13.1. The SMILES string of the molecule is COc1cc(C(=O)c2nn(C(C)Cl)nc2C(C)OC(=O)O)c([N+](=O)[O-])cc1OC. The summed E-state index contributed by atoms with van der Waals surface area (Å²) in [6.07, 6.45) is -2.78. The van der Waals surface area contributed by atoms with E-state index >= 15 is 0 Å². The second-order valence-electron chi connectivity index (χ2n) is 5.66. The Kier molecular flexibility index (Phi) is 6.59. The molecule has 0 spiro atoms. The lowest BCUT2D eigenvalue weighted by Gasteiger charge is -2.11. The number of methoxy groups -OCH3 is 2. The maximum Gasteiger partial charge on any atom is 0.506 e. The molecule has 0 aliphatic carbocycles. The smallest absolute Gasteiger partial charge is 0.493 e. The first kappa shape index (κ1) is 21.9. The van der Waals surface area contributed by atoms with Crippen molar-refractivity contribution in [1.29, 1.82) is 0 Å². The highest BCUT2D eigenvalue weighted by atomic mass is 35.5. The number of hydrogen-bond donors (Lipinski definition) is 1. The Morgan fingerprint density at radius 2 is 1.79 bits per heavy atom. The topological polar surface area (TPSA) is 156 Å². The molecule has 2 unspecified atom stereocenters. The van der Waals surface area contributed by atoms with Crippen molar-refractivity contribution in [2.24, 2.45) is 0 Å². The highest BCUT2D eigenvalue weighted by molar-refractivity contribution is 6.18. The molecule has 0 aliphatic rings. The van der Waals surface area contributed by atoms with Gasteiger partial charge in [-0.15, -0.1) is 5.10 Å².